The van der Waals surface area contributed by atoms with Crippen molar-refractivity contribution in [3.8, 4) is 0 Å². The molecule has 1 amide bonds. The quantitative estimate of drug-likeness (QED) is 0.676. The number of ether oxygens (including phenoxy) is 1. The second-order valence-corrected chi connectivity index (χ2v) is 5.70. The second-order valence-electron chi connectivity index (χ2n) is 5.70. The molecule has 0 aliphatic carbocycles. The lowest BCUT2D eigenvalue weighted by atomic mass is 10.1. The summed E-state index contributed by atoms with van der Waals surface area (Å²) >= 11 is 0. The number of carbonyl (C=O) groups is 2. The van der Waals surface area contributed by atoms with Gasteiger partial charge in [0, 0.05) is 11.3 Å². The molecule has 0 aliphatic rings. The smallest absolute Gasteiger partial charge is 0.339 e. The highest BCUT2D eigenvalue weighted by Crippen LogP contribution is 2.22. The van der Waals surface area contributed by atoms with Gasteiger partial charge in [-0.3, -0.25) is 4.79 Å². The summed E-state index contributed by atoms with van der Waals surface area (Å²) in [6.45, 7) is 0. The maximum absolute atomic E-state index is 13.3. The molecule has 0 fully saturated rings. The van der Waals surface area contributed by atoms with Crippen molar-refractivity contribution in [2.45, 2.75) is 6.10 Å². The minimum Gasteiger partial charge on any atom is -0.444 e. The molecule has 136 valence electrons. The van der Waals surface area contributed by atoms with Crippen molar-refractivity contribution >= 4 is 17.6 Å². The Kier molecular flexibility index (Phi) is 5.56. The number of hydrogen-bond acceptors (Lipinski definition) is 3. The van der Waals surface area contributed by atoms with Crippen LogP contribution in [0.25, 0.3) is 0 Å². The van der Waals surface area contributed by atoms with E-state index in [1.54, 1.807) is 30.3 Å². The fraction of sp³-hybridized carbons (Fsp3) is 0.0476. The molecule has 3 rings (SSSR count). The fourth-order valence-electron chi connectivity index (χ4n) is 2.43. The van der Waals surface area contributed by atoms with Crippen LogP contribution in [0.2, 0.25) is 0 Å². The van der Waals surface area contributed by atoms with E-state index in [1.807, 2.05) is 0 Å². The fourth-order valence-corrected chi connectivity index (χ4v) is 2.43. The standard InChI is InChI=1S/C21H15F2NO3/c22-16-9-11-18(12-10-16)24-20(25)19(14-5-2-1-3-6-14)27-21(26)15-7-4-8-17(23)13-15/h1-13,19H,(H,24,25)/t19-/m0/s1. The normalized spacial score (nSPS) is 11.5. The lowest BCUT2D eigenvalue weighted by Gasteiger charge is -2.18. The van der Waals surface area contributed by atoms with E-state index in [-0.39, 0.29) is 5.56 Å². The number of amides is 1. The first-order valence-corrected chi connectivity index (χ1v) is 8.11. The Bertz CT molecular complexity index is 943. The number of halogens is 2. The molecule has 3 aromatic rings. The lowest BCUT2D eigenvalue weighted by molar-refractivity contribution is -0.125. The second kappa shape index (κ2) is 8.23. The van der Waals surface area contributed by atoms with Crippen LogP contribution in [-0.2, 0) is 9.53 Å². The van der Waals surface area contributed by atoms with Crippen LogP contribution < -0.4 is 5.32 Å². The van der Waals surface area contributed by atoms with Crippen molar-refractivity contribution in [2.24, 2.45) is 0 Å². The largest absolute Gasteiger partial charge is 0.444 e. The van der Waals surface area contributed by atoms with Crippen molar-refractivity contribution in [1.29, 1.82) is 0 Å². The molecule has 1 N–H and O–H groups in total. The zero-order valence-corrected chi connectivity index (χ0v) is 14.1. The van der Waals surface area contributed by atoms with E-state index in [4.69, 9.17) is 4.74 Å². The first-order valence-electron chi connectivity index (χ1n) is 8.11. The summed E-state index contributed by atoms with van der Waals surface area (Å²) in [4.78, 5) is 25.0. The number of benzene rings is 3. The molecule has 3 aromatic carbocycles. The summed E-state index contributed by atoms with van der Waals surface area (Å²) < 4.78 is 31.7. The van der Waals surface area contributed by atoms with Crippen LogP contribution in [0.5, 0.6) is 0 Å². The van der Waals surface area contributed by atoms with Crippen molar-refractivity contribution < 1.29 is 23.1 Å². The molecule has 0 heterocycles. The summed E-state index contributed by atoms with van der Waals surface area (Å²) in [6.07, 6.45) is -1.26. The average Bonchev–Trinajstić information content (AvgIpc) is 2.68. The Hall–Kier alpha value is -3.54. The molecule has 27 heavy (non-hydrogen) atoms. The highest BCUT2D eigenvalue weighted by molar-refractivity contribution is 5.98. The molecule has 1 atom stereocenters. The Balaban J connectivity index is 1.83. The predicted molar refractivity (Wildman–Crippen MR) is 96.0 cm³/mol. The van der Waals surface area contributed by atoms with Crippen LogP contribution in [0.1, 0.15) is 22.0 Å². The van der Waals surface area contributed by atoms with Gasteiger partial charge in [-0.2, -0.15) is 0 Å². The third kappa shape index (κ3) is 4.76. The summed E-state index contributed by atoms with van der Waals surface area (Å²) in [6, 6.07) is 18.6. The van der Waals surface area contributed by atoms with Crippen LogP contribution in [0.15, 0.2) is 78.9 Å². The number of rotatable bonds is 5. The summed E-state index contributed by atoms with van der Waals surface area (Å²) in [5.74, 6) is -2.48. The van der Waals surface area contributed by atoms with Crippen LogP contribution >= 0.6 is 0 Å². The minimum absolute atomic E-state index is 0.00878. The molecule has 0 saturated carbocycles. The lowest BCUT2D eigenvalue weighted by Crippen LogP contribution is -2.26. The van der Waals surface area contributed by atoms with Gasteiger partial charge in [-0.05, 0) is 42.5 Å². The zero-order valence-electron chi connectivity index (χ0n) is 14.1. The Morgan fingerprint density at radius 1 is 0.815 bits per heavy atom. The van der Waals surface area contributed by atoms with Crippen molar-refractivity contribution in [3.05, 3.63) is 102 Å². The predicted octanol–water partition coefficient (Wildman–Crippen LogP) is 4.50. The summed E-state index contributed by atoms with van der Waals surface area (Å²) in [5.41, 5.74) is 0.788. The highest BCUT2D eigenvalue weighted by atomic mass is 19.1. The van der Waals surface area contributed by atoms with Crippen LogP contribution in [0.3, 0.4) is 0 Å². The van der Waals surface area contributed by atoms with Crippen molar-refractivity contribution in [2.75, 3.05) is 5.32 Å². The van der Waals surface area contributed by atoms with Gasteiger partial charge < -0.3 is 10.1 Å². The molecule has 0 bridgehead atoms. The van der Waals surface area contributed by atoms with Crippen molar-refractivity contribution in [1.82, 2.24) is 0 Å². The molecule has 0 aliphatic heterocycles. The molecule has 4 nitrogen and oxygen atoms in total. The SMILES string of the molecule is O=C(O[C@H](C(=O)Nc1ccc(F)cc1)c1ccccc1)c1cccc(F)c1. The maximum atomic E-state index is 13.3. The highest BCUT2D eigenvalue weighted by Gasteiger charge is 2.26. The topological polar surface area (TPSA) is 55.4 Å². The van der Waals surface area contributed by atoms with Gasteiger partial charge in [0.2, 0.25) is 6.10 Å². The first-order chi connectivity index (χ1) is 13.0. The van der Waals surface area contributed by atoms with E-state index in [0.717, 1.165) is 6.07 Å². The Morgan fingerprint density at radius 3 is 2.19 bits per heavy atom. The van der Waals surface area contributed by atoms with E-state index >= 15 is 0 Å². The number of nitrogens with one attached hydrogen (secondary N) is 1. The number of hydrogen-bond donors (Lipinski definition) is 1. The van der Waals surface area contributed by atoms with Crippen molar-refractivity contribution in [3.63, 3.8) is 0 Å². The monoisotopic (exact) mass is 367 g/mol. The zero-order chi connectivity index (χ0) is 19.2. The number of carbonyl (C=O) groups excluding carboxylic acids is 2. The molecule has 6 heteroatoms. The van der Waals surface area contributed by atoms with Gasteiger partial charge in [-0.15, -0.1) is 0 Å². The van der Waals surface area contributed by atoms with Gasteiger partial charge in [-0.1, -0.05) is 36.4 Å². The van der Waals surface area contributed by atoms with Crippen LogP contribution in [-0.4, -0.2) is 11.9 Å². The third-order valence-corrected chi connectivity index (χ3v) is 3.74. The molecule has 0 radical (unpaired) electrons. The van der Waals surface area contributed by atoms with E-state index in [2.05, 4.69) is 5.32 Å². The Labute approximate surface area is 154 Å². The number of esters is 1. The van der Waals surface area contributed by atoms with Gasteiger partial charge in [-0.25, -0.2) is 13.6 Å². The van der Waals surface area contributed by atoms with Gasteiger partial charge >= 0.3 is 5.97 Å². The molecule has 0 spiro atoms. The van der Waals surface area contributed by atoms with Gasteiger partial charge in [0.1, 0.15) is 11.6 Å². The van der Waals surface area contributed by atoms with Gasteiger partial charge in [0.15, 0.2) is 0 Å². The van der Waals surface area contributed by atoms with E-state index in [0.29, 0.717) is 11.3 Å². The molecule has 0 aromatic heterocycles. The number of anilines is 1. The van der Waals surface area contributed by atoms with Gasteiger partial charge in [0.25, 0.3) is 5.91 Å². The van der Waals surface area contributed by atoms with E-state index in [9.17, 15) is 18.4 Å². The average molecular weight is 367 g/mol. The molecular weight excluding hydrogens is 352 g/mol. The van der Waals surface area contributed by atoms with E-state index in [1.165, 1.54) is 42.5 Å². The molecule has 0 unspecified atom stereocenters. The maximum Gasteiger partial charge on any atom is 0.339 e. The third-order valence-electron chi connectivity index (χ3n) is 3.74. The summed E-state index contributed by atoms with van der Waals surface area (Å²) in [7, 11) is 0. The first kappa shape index (κ1) is 18.3. The van der Waals surface area contributed by atoms with E-state index < -0.39 is 29.6 Å². The minimum atomic E-state index is -1.26. The molecule has 0 saturated heterocycles. The molecular formula is C21H15F2NO3. The summed E-state index contributed by atoms with van der Waals surface area (Å²) in [5, 5.41) is 2.58. The Morgan fingerprint density at radius 2 is 1.52 bits per heavy atom. The van der Waals surface area contributed by atoms with Gasteiger partial charge in [0.05, 0.1) is 5.56 Å². The van der Waals surface area contributed by atoms with Crippen LogP contribution in [0, 0.1) is 11.6 Å². The van der Waals surface area contributed by atoms with Crippen LogP contribution in [0.4, 0.5) is 14.5 Å².